The topological polar surface area (TPSA) is 103 Å². The predicted molar refractivity (Wildman–Crippen MR) is 80.1 cm³/mol. The van der Waals surface area contributed by atoms with Crippen molar-refractivity contribution in [3.8, 4) is 5.75 Å². The first-order valence-electron chi connectivity index (χ1n) is 5.19. The van der Waals surface area contributed by atoms with Crippen molar-refractivity contribution < 1.29 is 9.66 Å². The number of hydrogen-bond donors (Lipinski definition) is 2. The number of rotatable bonds is 5. The van der Waals surface area contributed by atoms with Crippen LogP contribution in [0.2, 0.25) is 5.02 Å². The standard InChI is InChI=1S/C10H8BrClN4O3S/c11-7-1-5(12)2-8(16(17)18)9(7)19-4-6-3-14-10(15-13)20-6/h1-3H,4,13H2,(H,14,15). The van der Waals surface area contributed by atoms with Crippen LogP contribution >= 0.6 is 38.9 Å². The fourth-order valence-electron chi connectivity index (χ4n) is 1.41. The van der Waals surface area contributed by atoms with Crippen LogP contribution in [-0.4, -0.2) is 9.91 Å². The molecule has 0 saturated carbocycles. The first-order valence-corrected chi connectivity index (χ1v) is 7.17. The summed E-state index contributed by atoms with van der Waals surface area (Å²) in [5, 5.41) is 11.8. The molecule has 0 radical (unpaired) electrons. The van der Waals surface area contributed by atoms with Crippen LogP contribution in [0.25, 0.3) is 0 Å². The highest BCUT2D eigenvalue weighted by Crippen LogP contribution is 2.38. The third-order valence-electron chi connectivity index (χ3n) is 2.22. The first-order chi connectivity index (χ1) is 9.51. The molecule has 10 heteroatoms. The van der Waals surface area contributed by atoms with E-state index in [0.29, 0.717) is 9.60 Å². The van der Waals surface area contributed by atoms with Crippen molar-refractivity contribution in [2.24, 2.45) is 5.84 Å². The highest BCUT2D eigenvalue weighted by molar-refractivity contribution is 9.10. The molecule has 1 aromatic carbocycles. The minimum atomic E-state index is -0.550. The fourth-order valence-corrected chi connectivity index (χ4v) is 2.95. The molecule has 0 fully saturated rings. The molecule has 20 heavy (non-hydrogen) atoms. The number of thiazole rings is 1. The lowest BCUT2D eigenvalue weighted by Crippen LogP contribution is -2.05. The smallest absolute Gasteiger partial charge is 0.313 e. The quantitative estimate of drug-likeness (QED) is 0.469. The van der Waals surface area contributed by atoms with Gasteiger partial charge in [-0.15, -0.1) is 0 Å². The van der Waals surface area contributed by atoms with Gasteiger partial charge in [0.2, 0.25) is 5.75 Å². The number of nitro benzene ring substituents is 1. The van der Waals surface area contributed by atoms with Crippen molar-refractivity contribution in [1.82, 2.24) is 4.98 Å². The Morgan fingerprint density at radius 2 is 2.35 bits per heavy atom. The summed E-state index contributed by atoms with van der Waals surface area (Å²) in [7, 11) is 0. The second-order valence-corrected chi connectivity index (χ2v) is 5.96. The van der Waals surface area contributed by atoms with Crippen LogP contribution in [0.1, 0.15) is 4.88 Å². The van der Waals surface area contributed by atoms with Crippen molar-refractivity contribution >= 4 is 49.7 Å². The molecule has 0 bridgehead atoms. The van der Waals surface area contributed by atoms with Crippen molar-refractivity contribution in [3.63, 3.8) is 0 Å². The average molecular weight is 380 g/mol. The molecule has 0 saturated heterocycles. The van der Waals surface area contributed by atoms with Crippen molar-refractivity contribution in [1.29, 1.82) is 0 Å². The molecule has 0 amide bonds. The molecule has 2 aromatic rings. The monoisotopic (exact) mass is 378 g/mol. The van der Waals surface area contributed by atoms with Crippen molar-refractivity contribution in [2.75, 3.05) is 5.43 Å². The number of nitrogen functional groups attached to an aromatic ring is 1. The lowest BCUT2D eigenvalue weighted by Gasteiger charge is -2.07. The van der Waals surface area contributed by atoms with Crippen LogP contribution in [0.3, 0.4) is 0 Å². The number of nitrogens with one attached hydrogen (secondary N) is 1. The second kappa shape index (κ2) is 6.35. The molecule has 0 aliphatic carbocycles. The number of hydrogen-bond acceptors (Lipinski definition) is 7. The zero-order chi connectivity index (χ0) is 14.7. The maximum atomic E-state index is 11.0. The zero-order valence-electron chi connectivity index (χ0n) is 9.80. The van der Waals surface area contributed by atoms with E-state index in [-0.39, 0.29) is 23.1 Å². The van der Waals surface area contributed by atoms with Gasteiger partial charge in [-0.25, -0.2) is 10.8 Å². The fraction of sp³-hybridized carbons (Fsp3) is 0.100. The van der Waals surface area contributed by atoms with Gasteiger partial charge in [0, 0.05) is 17.3 Å². The Bertz CT molecular complexity index is 651. The van der Waals surface area contributed by atoms with Gasteiger partial charge < -0.3 is 4.74 Å². The number of benzene rings is 1. The molecule has 3 N–H and O–H groups in total. The van der Waals surface area contributed by atoms with Crippen LogP contribution in [0.4, 0.5) is 10.8 Å². The van der Waals surface area contributed by atoms with Gasteiger partial charge in [0.05, 0.1) is 14.3 Å². The second-order valence-electron chi connectivity index (χ2n) is 3.56. The molecular weight excluding hydrogens is 372 g/mol. The molecule has 1 heterocycles. The first kappa shape index (κ1) is 15.0. The SMILES string of the molecule is NNc1ncc(COc2c(Br)cc(Cl)cc2[N+](=O)[O-])s1. The third-order valence-corrected chi connectivity index (χ3v) is 3.93. The van der Waals surface area contributed by atoms with Crippen LogP contribution in [0.5, 0.6) is 5.75 Å². The Morgan fingerprint density at radius 3 is 2.95 bits per heavy atom. The number of halogens is 2. The number of aromatic nitrogens is 1. The van der Waals surface area contributed by atoms with Gasteiger partial charge in [0.1, 0.15) is 6.61 Å². The van der Waals surface area contributed by atoms with Crippen LogP contribution in [0.15, 0.2) is 22.8 Å². The summed E-state index contributed by atoms with van der Waals surface area (Å²) < 4.78 is 5.90. The molecule has 0 unspecified atom stereocenters. The molecule has 2 rings (SSSR count). The van der Waals surface area contributed by atoms with Gasteiger partial charge in [0.15, 0.2) is 5.13 Å². The Hall–Kier alpha value is -1.42. The average Bonchev–Trinajstić information content (AvgIpc) is 2.84. The third kappa shape index (κ3) is 3.37. The van der Waals surface area contributed by atoms with E-state index in [1.807, 2.05) is 0 Å². The molecule has 0 aliphatic heterocycles. The summed E-state index contributed by atoms with van der Waals surface area (Å²) in [5.74, 6) is 5.34. The number of nitro groups is 1. The Labute approximate surface area is 131 Å². The largest absolute Gasteiger partial charge is 0.480 e. The summed E-state index contributed by atoms with van der Waals surface area (Å²) >= 11 is 10.3. The van der Waals surface area contributed by atoms with Crippen molar-refractivity contribution in [2.45, 2.75) is 6.61 Å². The Balaban J connectivity index is 2.22. The lowest BCUT2D eigenvalue weighted by molar-refractivity contribution is -0.386. The number of nitrogens with zero attached hydrogens (tertiary/aromatic N) is 2. The highest BCUT2D eigenvalue weighted by Gasteiger charge is 2.20. The summed E-state index contributed by atoms with van der Waals surface area (Å²) in [6, 6.07) is 2.77. The predicted octanol–water partition coefficient (Wildman–Crippen LogP) is 3.33. The molecule has 7 nitrogen and oxygen atoms in total. The van der Waals surface area contributed by atoms with Gasteiger partial charge >= 0.3 is 5.69 Å². The van der Waals surface area contributed by atoms with E-state index in [1.165, 1.54) is 23.5 Å². The number of anilines is 1. The van der Waals surface area contributed by atoms with Gasteiger partial charge in [-0.05, 0) is 22.0 Å². The summed E-state index contributed by atoms with van der Waals surface area (Å²) in [4.78, 5) is 15.2. The highest BCUT2D eigenvalue weighted by atomic mass is 79.9. The van der Waals surface area contributed by atoms with Crippen LogP contribution in [-0.2, 0) is 6.61 Å². The van der Waals surface area contributed by atoms with E-state index >= 15 is 0 Å². The number of nitrogens with two attached hydrogens (primary N) is 1. The van der Waals surface area contributed by atoms with E-state index in [0.717, 1.165) is 4.88 Å². The molecule has 0 spiro atoms. The maximum absolute atomic E-state index is 11.0. The number of ether oxygens (including phenoxy) is 1. The molecular formula is C10H8BrClN4O3S. The normalized spacial score (nSPS) is 10.3. The van der Waals surface area contributed by atoms with Gasteiger partial charge in [-0.3, -0.25) is 15.5 Å². The summed E-state index contributed by atoms with van der Waals surface area (Å²) in [5.41, 5.74) is 2.21. The van der Waals surface area contributed by atoms with E-state index in [4.69, 9.17) is 22.2 Å². The molecule has 0 aliphatic rings. The molecule has 106 valence electrons. The molecule has 0 atom stereocenters. The van der Waals surface area contributed by atoms with Crippen LogP contribution in [0, 0.1) is 10.1 Å². The van der Waals surface area contributed by atoms with E-state index in [2.05, 4.69) is 26.3 Å². The Kier molecular flexibility index (Phi) is 4.76. The van der Waals surface area contributed by atoms with E-state index in [9.17, 15) is 10.1 Å². The molecule has 1 aromatic heterocycles. The number of hydrazine groups is 1. The lowest BCUT2D eigenvalue weighted by atomic mass is 10.3. The minimum absolute atomic E-state index is 0.120. The van der Waals surface area contributed by atoms with Crippen molar-refractivity contribution in [3.05, 3.63) is 42.8 Å². The summed E-state index contributed by atoms with van der Waals surface area (Å²) in [6.07, 6.45) is 1.58. The minimum Gasteiger partial charge on any atom is -0.480 e. The maximum Gasteiger partial charge on any atom is 0.313 e. The van der Waals surface area contributed by atoms with Gasteiger partial charge in [0.25, 0.3) is 0 Å². The van der Waals surface area contributed by atoms with E-state index < -0.39 is 4.92 Å². The van der Waals surface area contributed by atoms with Gasteiger partial charge in [-0.1, -0.05) is 22.9 Å². The zero-order valence-corrected chi connectivity index (χ0v) is 13.0. The van der Waals surface area contributed by atoms with Crippen LogP contribution < -0.4 is 16.0 Å². The summed E-state index contributed by atoms with van der Waals surface area (Å²) in [6.45, 7) is 0.139. The van der Waals surface area contributed by atoms with E-state index in [1.54, 1.807) is 6.20 Å². The van der Waals surface area contributed by atoms with Gasteiger partial charge in [-0.2, -0.15) is 0 Å². The Morgan fingerprint density at radius 1 is 1.60 bits per heavy atom.